The third-order valence-electron chi connectivity index (χ3n) is 2.36. The van der Waals surface area contributed by atoms with E-state index in [-0.39, 0.29) is 11.8 Å². The Morgan fingerprint density at radius 1 is 1.25 bits per heavy atom. The second-order valence-corrected chi connectivity index (χ2v) is 4.97. The number of carbonyl (C=O) groups excluding carboxylic acids is 1. The van der Waals surface area contributed by atoms with E-state index in [0.717, 1.165) is 30.4 Å². The Hall–Kier alpha value is -0.570. The molecule has 3 nitrogen and oxygen atoms in total. The summed E-state index contributed by atoms with van der Waals surface area (Å²) in [4.78, 5) is 11.4. The van der Waals surface area contributed by atoms with E-state index >= 15 is 0 Å². The van der Waals surface area contributed by atoms with Crippen LogP contribution in [0.2, 0.25) is 0 Å². The summed E-state index contributed by atoms with van der Waals surface area (Å²) >= 11 is 0. The smallest absolute Gasteiger partial charge is 0.222 e. The zero-order valence-corrected chi connectivity index (χ0v) is 12.3. The monoisotopic (exact) mass is 231 g/mol. The lowest BCUT2D eigenvalue weighted by Crippen LogP contribution is -2.38. The van der Waals surface area contributed by atoms with Crippen LogP contribution in [-0.4, -0.2) is 44.6 Å². The van der Waals surface area contributed by atoms with Gasteiger partial charge in [-0.15, -0.1) is 0 Å². The van der Waals surface area contributed by atoms with Crippen LogP contribution in [0.15, 0.2) is 0 Å². The van der Waals surface area contributed by atoms with Crippen molar-refractivity contribution in [3.05, 3.63) is 0 Å². The third-order valence-corrected chi connectivity index (χ3v) is 2.36. The van der Waals surface area contributed by atoms with Crippen LogP contribution in [0.4, 0.5) is 0 Å². The maximum atomic E-state index is 11.4. The van der Waals surface area contributed by atoms with Crippen molar-refractivity contribution in [1.29, 1.82) is 0 Å². The van der Waals surface area contributed by atoms with Crippen molar-refractivity contribution < 1.29 is 9.28 Å². The summed E-state index contributed by atoms with van der Waals surface area (Å²) in [6, 6.07) is 0. The molecule has 98 valence electrons. The normalized spacial score (nSPS) is 12.4. The van der Waals surface area contributed by atoms with Crippen LogP contribution >= 0.6 is 0 Å². The van der Waals surface area contributed by atoms with Gasteiger partial charge in [0, 0.05) is 18.9 Å². The van der Waals surface area contributed by atoms with Gasteiger partial charge in [-0.1, -0.05) is 27.7 Å². The largest absolute Gasteiger partial charge is 0.356 e. The molecule has 0 spiro atoms. The molecule has 0 aliphatic heterocycles. The minimum Gasteiger partial charge on any atom is -0.356 e. The molecule has 0 aliphatic carbocycles. The van der Waals surface area contributed by atoms with Crippen molar-refractivity contribution in [1.82, 2.24) is 5.32 Å². The minimum absolute atomic E-state index is 0.152. The molecule has 1 N–H and O–H groups in total. The van der Waals surface area contributed by atoms with E-state index < -0.39 is 0 Å². The van der Waals surface area contributed by atoms with E-state index in [1.54, 1.807) is 0 Å². The Balaban J connectivity index is 0. The Morgan fingerprint density at radius 2 is 1.75 bits per heavy atom. The maximum Gasteiger partial charge on any atom is 0.222 e. The molecule has 1 atom stereocenters. The molecule has 0 bridgehead atoms. The number of quaternary nitrogens is 1. The molecule has 0 aromatic carbocycles. The lowest BCUT2D eigenvalue weighted by atomic mass is 10.1. The summed E-state index contributed by atoms with van der Waals surface area (Å²) in [6.07, 6.45) is 1.97. The zero-order valence-electron chi connectivity index (χ0n) is 12.3. The van der Waals surface area contributed by atoms with Crippen LogP contribution in [0.3, 0.4) is 0 Å². The number of hydrogen-bond acceptors (Lipinski definition) is 1. The van der Waals surface area contributed by atoms with E-state index in [0.29, 0.717) is 0 Å². The van der Waals surface area contributed by atoms with E-state index in [2.05, 4.69) is 26.5 Å². The predicted molar refractivity (Wildman–Crippen MR) is 71.3 cm³/mol. The number of nitrogens with zero attached hydrogens (tertiary/aromatic N) is 1. The summed E-state index contributed by atoms with van der Waals surface area (Å²) < 4.78 is 0.958. The first kappa shape index (κ1) is 17.8. The first-order valence-corrected chi connectivity index (χ1v) is 6.45. The lowest BCUT2D eigenvalue weighted by Gasteiger charge is -2.23. The van der Waals surface area contributed by atoms with Crippen LogP contribution in [0.1, 0.15) is 40.5 Å². The molecule has 0 rings (SSSR count). The number of rotatable bonds is 6. The first-order valence-electron chi connectivity index (χ1n) is 6.45. The fraction of sp³-hybridized carbons (Fsp3) is 0.923. The van der Waals surface area contributed by atoms with E-state index in [1.165, 1.54) is 0 Å². The van der Waals surface area contributed by atoms with Crippen LogP contribution in [0.25, 0.3) is 0 Å². The Morgan fingerprint density at radius 3 is 2.12 bits per heavy atom. The van der Waals surface area contributed by atoms with Crippen molar-refractivity contribution >= 4 is 5.91 Å². The first-order chi connectivity index (χ1) is 7.37. The van der Waals surface area contributed by atoms with E-state index in [9.17, 15) is 4.79 Å². The van der Waals surface area contributed by atoms with Gasteiger partial charge in [0.1, 0.15) is 0 Å². The Kier molecular flexibility index (Phi) is 10.7. The van der Waals surface area contributed by atoms with Gasteiger partial charge in [0.15, 0.2) is 0 Å². The number of amides is 1. The van der Waals surface area contributed by atoms with Gasteiger partial charge in [-0.25, -0.2) is 0 Å². The van der Waals surface area contributed by atoms with Crippen molar-refractivity contribution in [2.24, 2.45) is 5.92 Å². The molecular formula is C13H31N2O+. The van der Waals surface area contributed by atoms with Crippen LogP contribution < -0.4 is 5.32 Å². The maximum absolute atomic E-state index is 11.4. The predicted octanol–water partition coefficient (Wildman–Crippen LogP) is 2.27. The molecule has 0 saturated carbocycles. The highest BCUT2D eigenvalue weighted by molar-refractivity contribution is 5.78. The average molecular weight is 231 g/mol. The average Bonchev–Trinajstić information content (AvgIpc) is 2.24. The molecule has 0 aromatic rings. The summed E-state index contributed by atoms with van der Waals surface area (Å²) in [5.41, 5.74) is 0. The number of nitrogens with one attached hydrogen (secondary N) is 1. The van der Waals surface area contributed by atoms with Gasteiger partial charge in [0.2, 0.25) is 5.91 Å². The molecule has 16 heavy (non-hydrogen) atoms. The van der Waals surface area contributed by atoms with Gasteiger partial charge in [-0.05, 0) is 6.42 Å². The summed E-state index contributed by atoms with van der Waals surface area (Å²) in [7, 11) is 6.49. The van der Waals surface area contributed by atoms with Gasteiger partial charge in [-0.2, -0.15) is 0 Å². The SMILES string of the molecule is CC.CCC(C)C(=O)NCCC[N+](C)(C)C. The molecule has 0 aromatic heterocycles. The zero-order chi connectivity index (χ0) is 13.2. The molecule has 0 heterocycles. The van der Waals surface area contributed by atoms with Crippen molar-refractivity contribution in [3.8, 4) is 0 Å². The van der Waals surface area contributed by atoms with Gasteiger partial charge in [0.25, 0.3) is 0 Å². The van der Waals surface area contributed by atoms with Gasteiger partial charge >= 0.3 is 0 Å². The second kappa shape index (κ2) is 9.64. The standard InChI is InChI=1S/C11H24N2O.C2H6/c1-6-10(2)11(14)12-8-7-9-13(3,4)5;1-2/h10H,6-9H2,1-5H3;1-2H3/p+1. The molecule has 1 unspecified atom stereocenters. The van der Waals surface area contributed by atoms with Gasteiger partial charge < -0.3 is 9.80 Å². The molecule has 0 aliphatic rings. The lowest BCUT2D eigenvalue weighted by molar-refractivity contribution is -0.870. The van der Waals surface area contributed by atoms with Crippen molar-refractivity contribution in [2.45, 2.75) is 40.5 Å². The summed E-state index contributed by atoms with van der Waals surface area (Å²) in [5, 5.41) is 2.96. The van der Waals surface area contributed by atoms with E-state index in [4.69, 9.17) is 0 Å². The number of carbonyl (C=O) groups is 1. The summed E-state index contributed by atoms with van der Waals surface area (Å²) in [6.45, 7) is 9.91. The second-order valence-electron chi connectivity index (χ2n) is 4.97. The van der Waals surface area contributed by atoms with Crippen LogP contribution in [0.5, 0.6) is 0 Å². The van der Waals surface area contributed by atoms with Gasteiger partial charge in [0.05, 0.1) is 27.7 Å². The molecular weight excluding hydrogens is 200 g/mol. The fourth-order valence-electron chi connectivity index (χ4n) is 1.12. The molecule has 3 heteroatoms. The Bertz CT molecular complexity index is 173. The molecule has 0 saturated heterocycles. The van der Waals surface area contributed by atoms with E-state index in [1.807, 2.05) is 27.7 Å². The van der Waals surface area contributed by atoms with Crippen LogP contribution in [-0.2, 0) is 4.79 Å². The Labute approximate surface area is 102 Å². The summed E-state index contributed by atoms with van der Waals surface area (Å²) in [5.74, 6) is 0.341. The highest BCUT2D eigenvalue weighted by Crippen LogP contribution is 1.99. The quantitative estimate of drug-likeness (QED) is 0.551. The van der Waals surface area contributed by atoms with Crippen LogP contribution in [0, 0.1) is 5.92 Å². The third kappa shape index (κ3) is 11.5. The molecule has 1 amide bonds. The fourth-order valence-corrected chi connectivity index (χ4v) is 1.12. The molecule has 0 radical (unpaired) electrons. The van der Waals surface area contributed by atoms with Crippen molar-refractivity contribution in [2.75, 3.05) is 34.2 Å². The van der Waals surface area contributed by atoms with Gasteiger partial charge in [-0.3, -0.25) is 4.79 Å². The van der Waals surface area contributed by atoms with Crippen molar-refractivity contribution in [3.63, 3.8) is 0 Å². The number of hydrogen-bond donors (Lipinski definition) is 1. The highest BCUT2D eigenvalue weighted by Gasteiger charge is 2.10. The molecule has 0 fully saturated rings. The highest BCUT2D eigenvalue weighted by atomic mass is 16.1. The minimum atomic E-state index is 0.152. The topological polar surface area (TPSA) is 29.1 Å².